The van der Waals surface area contributed by atoms with E-state index in [1.165, 1.54) is 12.1 Å². The zero-order valence-electron chi connectivity index (χ0n) is 5.84. The number of amides is 1. The Bertz CT molecular complexity index is 316. The highest BCUT2D eigenvalue weighted by atomic mass is 79.9. The average Bonchev–Trinajstić information content (AvgIpc) is 1.96. The molecule has 12 heavy (non-hydrogen) atoms. The summed E-state index contributed by atoms with van der Waals surface area (Å²) in [7, 11) is 0. The van der Waals surface area contributed by atoms with Crippen LogP contribution in [0.5, 0.6) is 0 Å². The predicted octanol–water partition coefficient (Wildman–Crippen LogP) is 2.68. The molecule has 3 nitrogen and oxygen atoms in total. The molecule has 64 valence electrons. The summed E-state index contributed by atoms with van der Waals surface area (Å²) in [4.78, 5) is 10.2. The lowest BCUT2D eigenvalue weighted by molar-refractivity contribution is 0.209. The van der Waals surface area contributed by atoms with E-state index < -0.39 is 11.9 Å². The van der Waals surface area contributed by atoms with Crippen LogP contribution in [0.15, 0.2) is 22.7 Å². The van der Waals surface area contributed by atoms with Gasteiger partial charge in [0.25, 0.3) is 0 Å². The highest BCUT2D eigenvalue weighted by Gasteiger charge is 2.03. The standard InChI is InChI=1S/C7H5BrFNO2/c8-5-2-1-4(9)3-6(5)10-7(11)12/h1-3,10H,(H,11,12). The summed E-state index contributed by atoms with van der Waals surface area (Å²) < 4.78 is 13.0. The Morgan fingerprint density at radius 3 is 2.83 bits per heavy atom. The molecule has 2 N–H and O–H groups in total. The Morgan fingerprint density at radius 1 is 1.58 bits per heavy atom. The Kier molecular flexibility index (Phi) is 2.65. The molecule has 0 aliphatic carbocycles. The van der Waals surface area contributed by atoms with E-state index in [0.29, 0.717) is 4.47 Å². The third-order valence-corrected chi connectivity index (χ3v) is 1.86. The molecule has 0 radical (unpaired) electrons. The molecule has 0 spiro atoms. The summed E-state index contributed by atoms with van der Waals surface area (Å²) in [5, 5.41) is 10.4. The largest absolute Gasteiger partial charge is 0.465 e. The molecule has 0 saturated carbocycles. The van der Waals surface area contributed by atoms with Crippen molar-refractivity contribution in [3.05, 3.63) is 28.5 Å². The molecule has 0 heterocycles. The lowest BCUT2D eigenvalue weighted by Crippen LogP contribution is -2.07. The average molecular weight is 234 g/mol. The van der Waals surface area contributed by atoms with Crippen LogP contribution in [0.4, 0.5) is 14.9 Å². The molecule has 1 amide bonds. The van der Waals surface area contributed by atoms with E-state index in [1.807, 2.05) is 5.32 Å². The molecule has 0 saturated heterocycles. The van der Waals surface area contributed by atoms with Crippen LogP contribution in [-0.4, -0.2) is 11.2 Å². The summed E-state index contributed by atoms with van der Waals surface area (Å²) in [6.07, 6.45) is -1.22. The van der Waals surface area contributed by atoms with Gasteiger partial charge in [-0.15, -0.1) is 0 Å². The molecule has 0 atom stereocenters. The minimum Gasteiger partial charge on any atom is -0.465 e. The van der Waals surface area contributed by atoms with E-state index in [1.54, 1.807) is 0 Å². The number of carboxylic acid groups (broad SMARTS) is 1. The summed E-state index contributed by atoms with van der Waals surface area (Å²) in [5.74, 6) is -0.484. The maximum Gasteiger partial charge on any atom is 0.409 e. The number of carbonyl (C=O) groups is 1. The second-order valence-corrected chi connectivity index (χ2v) is 2.91. The van der Waals surface area contributed by atoms with Gasteiger partial charge in [0.1, 0.15) is 5.82 Å². The van der Waals surface area contributed by atoms with Crippen molar-refractivity contribution in [1.82, 2.24) is 0 Å². The smallest absolute Gasteiger partial charge is 0.409 e. The normalized spacial score (nSPS) is 9.50. The van der Waals surface area contributed by atoms with Gasteiger partial charge in [0, 0.05) is 4.47 Å². The fourth-order valence-electron chi connectivity index (χ4n) is 0.708. The van der Waals surface area contributed by atoms with Crippen LogP contribution in [0.3, 0.4) is 0 Å². The number of halogens is 2. The van der Waals surface area contributed by atoms with E-state index >= 15 is 0 Å². The number of hydrogen-bond acceptors (Lipinski definition) is 1. The number of nitrogens with one attached hydrogen (secondary N) is 1. The van der Waals surface area contributed by atoms with Crippen LogP contribution in [0.2, 0.25) is 0 Å². The Hall–Kier alpha value is -1.10. The molecule has 0 unspecified atom stereocenters. The minimum atomic E-state index is -1.22. The molecule has 1 rings (SSSR count). The highest BCUT2D eigenvalue weighted by Crippen LogP contribution is 2.22. The monoisotopic (exact) mass is 233 g/mol. The SMILES string of the molecule is O=C(O)Nc1cc(F)ccc1Br. The number of hydrogen-bond donors (Lipinski definition) is 2. The van der Waals surface area contributed by atoms with Gasteiger partial charge in [-0.3, -0.25) is 5.32 Å². The van der Waals surface area contributed by atoms with Gasteiger partial charge in [-0.1, -0.05) is 0 Å². The number of rotatable bonds is 1. The van der Waals surface area contributed by atoms with Crippen molar-refractivity contribution in [2.24, 2.45) is 0 Å². The lowest BCUT2D eigenvalue weighted by atomic mass is 10.3. The second-order valence-electron chi connectivity index (χ2n) is 2.05. The topological polar surface area (TPSA) is 49.3 Å². The molecule has 1 aromatic rings. The van der Waals surface area contributed by atoms with Crippen LogP contribution >= 0.6 is 15.9 Å². The predicted molar refractivity (Wildman–Crippen MR) is 45.7 cm³/mol. The van der Waals surface area contributed by atoms with Crippen LogP contribution in [-0.2, 0) is 0 Å². The molecule has 0 aliphatic heterocycles. The van der Waals surface area contributed by atoms with Gasteiger partial charge in [0.05, 0.1) is 5.69 Å². The second kappa shape index (κ2) is 3.53. The van der Waals surface area contributed by atoms with Crippen LogP contribution in [0.1, 0.15) is 0 Å². The van der Waals surface area contributed by atoms with Gasteiger partial charge in [-0.05, 0) is 34.1 Å². The Morgan fingerprint density at radius 2 is 2.25 bits per heavy atom. The van der Waals surface area contributed by atoms with E-state index in [4.69, 9.17) is 5.11 Å². The highest BCUT2D eigenvalue weighted by molar-refractivity contribution is 9.10. The van der Waals surface area contributed by atoms with Gasteiger partial charge in [-0.25, -0.2) is 9.18 Å². The Labute approximate surface area is 76.3 Å². The zero-order valence-corrected chi connectivity index (χ0v) is 7.43. The van der Waals surface area contributed by atoms with Crippen molar-refractivity contribution >= 4 is 27.7 Å². The van der Waals surface area contributed by atoms with Crippen molar-refractivity contribution in [3.63, 3.8) is 0 Å². The molecule has 1 aromatic carbocycles. The Balaban J connectivity index is 2.97. The quantitative estimate of drug-likeness (QED) is 0.784. The first-order valence-corrected chi connectivity index (χ1v) is 3.84. The van der Waals surface area contributed by atoms with Gasteiger partial charge < -0.3 is 5.11 Å². The van der Waals surface area contributed by atoms with Gasteiger partial charge in [-0.2, -0.15) is 0 Å². The first-order valence-electron chi connectivity index (χ1n) is 3.04. The molecule has 0 aliphatic rings. The maximum absolute atomic E-state index is 12.5. The first kappa shape index (κ1) is 8.99. The van der Waals surface area contributed by atoms with Crippen LogP contribution < -0.4 is 5.32 Å². The third-order valence-electron chi connectivity index (χ3n) is 1.17. The summed E-state index contributed by atoms with van der Waals surface area (Å²) in [6, 6.07) is 3.76. The van der Waals surface area contributed by atoms with Crippen molar-refractivity contribution in [2.45, 2.75) is 0 Å². The van der Waals surface area contributed by atoms with E-state index in [-0.39, 0.29) is 5.69 Å². The minimum absolute atomic E-state index is 0.197. The third kappa shape index (κ3) is 2.20. The number of benzene rings is 1. The molecular formula is C7H5BrFNO2. The molecule has 5 heteroatoms. The number of anilines is 1. The molecule has 0 aromatic heterocycles. The van der Waals surface area contributed by atoms with Crippen molar-refractivity contribution in [1.29, 1.82) is 0 Å². The van der Waals surface area contributed by atoms with E-state index in [9.17, 15) is 9.18 Å². The zero-order chi connectivity index (χ0) is 9.14. The van der Waals surface area contributed by atoms with E-state index in [2.05, 4.69) is 15.9 Å². The van der Waals surface area contributed by atoms with Gasteiger partial charge >= 0.3 is 6.09 Å². The lowest BCUT2D eigenvalue weighted by Gasteiger charge is -2.02. The van der Waals surface area contributed by atoms with Crippen molar-refractivity contribution in [2.75, 3.05) is 5.32 Å². The first-order chi connectivity index (χ1) is 5.59. The van der Waals surface area contributed by atoms with Crippen molar-refractivity contribution in [3.8, 4) is 0 Å². The van der Waals surface area contributed by atoms with Gasteiger partial charge in [0.2, 0.25) is 0 Å². The van der Waals surface area contributed by atoms with Crippen LogP contribution in [0.25, 0.3) is 0 Å². The van der Waals surface area contributed by atoms with Crippen molar-refractivity contribution < 1.29 is 14.3 Å². The van der Waals surface area contributed by atoms with Gasteiger partial charge in [0.15, 0.2) is 0 Å². The summed E-state index contributed by atoms with van der Waals surface area (Å²) in [5.41, 5.74) is 0.197. The maximum atomic E-state index is 12.5. The molecular weight excluding hydrogens is 229 g/mol. The molecule has 0 bridgehead atoms. The van der Waals surface area contributed by atoms with Crippen LogP contribution in [0, 0.1) is 5.82 Å². The molecule has 0 fully saturated rings. The summed E-state index contributed by atoms with van der Waals surface area (Å²) >= 11 is 3.07. The summed E-state index contributed by atoms with van der Waals surface area (Å²) in [6.45, 7) is 0. The fourth-order valence-corrected chi connectivity index (χ4v) is 1.05. The van der Waals surface area contributed by atoms with E-state index in [0.717, 1.165) is 6.07 Å². The fraction of sp³-hybridized carbons (Fsp3) is 0.